The van der Waals surface area contributed by atoms with Crippen LogP contribution >= 0.6 is 0 Å². The summed E-state index contributed by atoms with van der Waals surface area (Å²) in [5.74, 6) is 1.87. The molecule has 0 saturated carbocycles. The van der Waals surface area contributed by atoms with Crippen LogP contribution in [-0.4, -0.2) is 57.6 Å². The predicted octanol–water partition coefficient (Wildman–Crippen LogP) is 3.01. The summed E-state index contributed by atoms with van der Waals surface area (Å²) in [4.78, 5) is 27.3. The number of ether oxygens (including phenoxy) is 1. The van der Waals surface area contributed by atoms with Crippen LogP contribution < -0.4 is 10.1 Å². The molecule has 8 nitrogen and oxygen atoms in total. The van der Waals surface area contributed by atoms with E-state index in [-0.39, 0.29) is 5.91 Å². The first-order chi connectivity index (χ1) is 14.6. The number of nitrogens with zero attached hydrogens (tertiary/aromatic N) is 5. The van der Waals surface area contributed by atoms with Gasteiger partial charge in [-0.2, -0.15) is 4.98 Å². The van der Waals surface area contributed by atoms with Crippen LogP contribution in [0.3, 0.4) is 0 Å². The maximum absolute atomic E-state index is 12.4. The third-order valence-corrected chi connectivity index (χ3v) is 4.48. The van der Waals surface area contributed by atoms with Crippen LogP contribution in [0.25, 0.3) is 16.9 Å². The molecule has 0 unspecified atom stereocenters. The number of rotatable bonds is 7. The normalized spacial score (nSPS) is 10.7. The van der Waals surface area contributed by atoms with Gasteiger partial charge in [0.25, 0.3) is 5.91 Å². The molecule has 0 atom stereocenters. The Bertz CT molecular complexity index is 1140. The minimum absolute atomic E-state index is 0.0750. The molecule has 0 aliphatic heterocycles. The first-order valence-electron chi connectivity index (χ1n) is 9.55. The average Bonchev–Trinajstić information content (AvgIpc) is 3.31. The van der Waals surface area contributed by atoms with Gasteiger partial charge in [-0.3, -0.25) is 9.36 Å². The zero-order valence-electron chi connectivity index (χ0n) is 16.8. The van der Waals surface area contributed by atoms with E-state index in [0.717, 1.165) is 16.7 Å². The minimum Gasteiger partial charge on any atom is -0.492 e. The van der Waals surface area contributed by atoms with Crippen LogP contribution in [0.4, 0.5) is 5.82 Å². The molecule has 0 aliphatic rings. The highest BCUT2D eigenvalue weighted by Crippen LogP contribution is 2.23. The summed E-state index contributed by atoms with van der Waals surface area (Å²) >= 11 is 0. The molecular formula is C22H22N6O2. The van der Waals surface area contributed by atoms with Crippen molar-refractivity contribution in [2.75, 3.05) is 32.6 Å². The lowest BCUT2D eigenvalue weighted by atomic mass is 10.1. The van der Waals surface area contributed by atoms with Gasteiger partial charge in [0.15, 0.2) is 0 Å². The van der Waals surface area contributed by atoms with Gasteiger partial charge < -0.3 is 15.0 Å². The zero-order chi connectivity index (χ0) is 20.9. The van der Waals surface area contributed by atoms with Gasteiger partial charge in [-0.1, -0.05) is 18.2 Å². The van der Waals surface area contributed by atoms with E-state index in [4.69, 9.17) is 4.74 Å². The number of hydrogen-bond acceptors (Lipinski definition) is 6. The molecule has 2 heterocycles. The van der Waals surface area contributed by atoms with Crippen molar-refractivity contribution in [1.29, 1.82) is 0 Å². The van der Waals surface area contributed by atoms with Crippen molar-refractivity contribution in [3.8, 4) is 11.7 Å². The average molecular weight is 402 g/mol. The Labute approximate surface area is 174 Å². The fourth-order valence-corrected chi connectivity index (χ4v) is 2.99. The van der Waals surface area contributed by atoms with Crippen molar-refractivity contribution in [2.45, 2.75) is 0 Å². The van der Waals surface area contributed by atoms with E-state index < -0.39 is 0 Å². The fraction of sp³-hybridized carbons (Fsp3) is 0.182. The highest BCUT2D eigenvalue weighted by atomic mass is 16.5. The summed E-state index contributed by atoms with van der Waals surface area (Å²) in [6.45, 7) is 1.00. The first kappa shape index (κ1) is 19.4. The van der Waals surface area contributed by atoms with Gasteiger partial charge >= 0.3 is 0 Å². The summed E-state index contributed by atoms with van der Waals surface area (Å²) in [5, 5.41) is 4.09. The van der Waals surface area contributed by atoms with E-state index in [0.29, 0.717) is 30.5 Å². The quantitative estimate of drug-likeness (QED) is 0.479. The Balaban J connectivity index is 1.63. The Morgan fingerprint density at radius 1 is 1.13 bits per heavy atom. The molecule has 0 fully saturated rings. The number of imidazole rings is 1. The number of para-hydroxylation sites is 1. The van der Waals surface area contributed by atoms with Gasteiger partial charge in [0.2, 0.25) is 5.95 Å². The third-order valence-electron chi connectivity index (χ3n) is 4.48. The van der Waals surface area contributed by atoms with E-state index in [1.54, 1.807) is 48.3 Å². The molecule has 0 radical (unpaired) electrons. The Kier molecular flexibility index (Phi) is 5.56. The lowest BCUT2D eigenvalue weighted by Crippen LogP contribution is -2.21. The van der Waals surface area contributed by atoms with Gasteiger partial charge in [0, 0.05) is 37.4 Å². The maximum Gasteiger partial charge on any atom is 0.253 e. The molecule has 8 heteroatoms. The van der Waals surface area contributed by atoms with E-state index >= 15 is 0 Å². The molecule has 152 valence electrons. The summed E-state index contributed by atoms with van der Waals surface area (Å²) in [6.07, 6.45) is 5.11. The fourth-order valence-electron chi connectivity index (χ4n) is 2.99. The van der Waals surface area contributed by atoms with Crippen LogP contribution in [0.1, 0.15) is 10.4 Å². The van der Waals surface area contributed by atoms with Crippen LogP contribution in [0.2, 0.25) is 0 Å². The van der Waals surface area contributed by atoms with Gasteiger partial charge in [-0.25, -0.2) is 9.97 Å². The molecule has 0 bridgehead atoms. The van der Waals surface area contributed by atoms with E-state index in [1.807, 2.05) is 42.5 Å². The van der Waals surface area contributed by atoms with Crippen molar-refractivity contribution < 1.29 is 9.53 Å². The summed E-state index contributed by atoms with van der Waals surface area (Å²) in [6, 6.07) is 15.1. The Morgan fingerprint density at radius 2 is 1.97 bits per heavy atom. The van der Waals surface area contributed by atoms with Crippen LogP contribution in [0.5, 0.6) is 5.75 Å². The molecule has 1 amide bonds. The number of aromatic nitrogens is 4. The molecule has 0 spiro atoms. The number of amides is 1. The number of carbonyl (C=O) groups excluding carboxylic acids is 1. The second kappa shape index (κ2) is 8.60. The first-order valence-corrected chi connectivity index (χ1v) is 9.55. The predicted molar refractivity (Wildman–Crippen MR) is 115 cm³/mol. The van der Waals surface area contributed by atoms with Crippen molar-refractivity contribution in [3.63, 3.8) is 0 Å². The van der Waals surface area contributed by atoms with Gasteiger partial charge in [-0.05, 0) is 30.3 Å². The maximum atomic E-state index is 12.4. The second-order valence-corrected chi connectivity index (χ2v) is 6.86. The molecule has 0 aliphatic carbocycles. The molecule has 2 aromatic heterocycles. The standard InChI is InChI=1S/C22H22N6O2/c1-27(2)21(29)16-8-9-19-18(14-16)20(26-22(25-19)28-12-10-23-15-28)24-11-13-30-17-6-4-3-5-7-17/h3-10,12,14-15H,11,13H2,1-2H3,(H,24,25,26). The molecular weight excluding hydrogens is 380 g/mol. The smallest absolute Gasteiger partial charge is 0.253 e. The lowest BCUT2D eigenvalue weighted by molar-refractivity contribution is 0.0828. The summed E-state index contributed by atoms with van der Waals surface area (Å²) in [5.41, 5.74) is 1.31. The van der Waals surface area contributed by atoms with Crippen molar-refractivity contribution >= 4 is 22.6 Å². The summed E-state index contributed by atoms with van der Waals surface area (Å²) in [7, 11) is 3.45. The molecule has 0 saturated heterocycles. The van der Waals surface area contributed by atoms with Crippen LogP contribution in [0, 0.1) is 0 Å². The summed E-state index contributed by atoms with van der Waals surface area (Å²) < 4.78 is 7.49. The van der Waals surface area contributed by atoms with Crippen LogP contribution in [0.15, 0.2) is 67.3 Å². The molecule has 4 rings (SSSR count). The zero-order valence-corrected chi connectivity index (χ0v) is 16.8. The van der Waals surface area contributed by atoms with Crippen molar-refractivity contribution in [1.82, 2.24) is 24.4 Å². The monoisotopic (exact) mass is 402 g/mol. The largest absolute Gasteiger partial charge is 0.492 e. The van der Waals surface area contributed by atoms with Gasteiger partial charge in [0.05, 0.1) is 12.1 Å². The SMILES string of the molecule is CN(C)C(=O)c1ccc2nc(-n3ccnc3)nc(NCCOc3ccccc3)c2c1. The number of anilines is 1. The number of hydrogen-bond donors (Lipinski definition) is 1. The highest BCUT2D eigenvalue weighted by molar-refractivity contribution is 6.00. The number of fused-ring (bicyclic) bond motifs is 1. The number of carbonyl (C=O) groups is 1. The van der Waals surface area contributed by atoms with Gasteiger partial charge in [0.1, 0.15) is 24.5 Å². The molecule has 1 N–H and O–H groups in total. The number of nitrogens with one attached hydrogen (secondary N) is 1. The van der Waals surface area contributed by atoms with Gasteiger partial charge in [-0.15, -0.1) is 0 Å². The highest BCUT2D eigenvalue weighted by Gasteiger charge is 2.14. The van der Waals surface area contributed by atoms with Crippen molar-refractivity contribution in [3.05, 3.63) is 72.8 Å². The molecule has 30 heavy (non-hydrogen) atoms. The Hall–Kier alpha value is -3.94. The minimum atomic E-state index is -0.0750. The van der Waals surface area contributed by atoms with E-state index in [9.17, 15) is 4.79 Å². The lowest BCUT2D eigenvalue weighted by Gasteiger charge is -2.14. The van der Waals surface area contributed by atoms with E-state index in [1.165, 1.54) is 0 Å². The third kappa shape index (κ3) is 4.22. The molecule has 2 aromatic carbocycles. The number of benzene rings is 2. The van der Waals surface area contributed by atoms with Crippen LogP contribution in [-0.2, 0) is 0 Å². The molecule has 4 aromatic rings. The van der Waals surface area contributed by atoms with Crippen molar-refractivity contribution in [2.24, 2.45) is 0 Å². The van der Waals surface area contributed by atoms with E-state index in [2.05, 4.69) is 20.3 Å². The Morgan fingerprint density at radius 3 is 2.70 bits per heavy atom. The second-order valence-electron chi connectivity index (χ2n) is 6.86. The topological polar surface area (TPSA) is 85.2 Å².